The average Bonchev–Trinajstić information content (AvgIpc) is 3.01. The predicted molar refractivity (Wildman–Crippen MR) is 113 cm³/mol. The summed E-state index contributed by atoms with van der Waals surface area (Å²) in [5.41, 5.74) is 4.50. The summed E-state index contributed by atoms with van der Waals surface area (Å²) < 4.78 is 0. The standard InChI is InChI=1S/C22H19N3OS/c1-15(2)19-11-9-17(10-12-19)4-3-16-5-7-18(8-6-16)13-20-21(26)25-22(27-20)24-14-23/h3-13,15H,1-2H3,(H,24,25,26)/b4-3?,20-13+. The SMILES string of the molecule is CC(C)c1ccc(C=Cc2ccc(/C=C3/SC(=NC#N)NC3=O)cc2)cc1. The van der Waals surface area contributed by atoms with E-state index in [-0.39, 0.29) is 5.91 Å². The van der Waals surface area contributed by atoms with E-state index in [2.05, 4.69) is 60.6 Å². The molecule has 2 aromatic rings. The van der Waals surface area contributed by atoms with Gasteiger partial charge >= 0.3 is 0 Å². The molecule has 0 saturated carbocycles. The van der Waals surface area contributed by atoms with E-state index in [0.717, 1.165) is 16.7 Å². The summed E-state index contributed by atoms with van der Waals surface area (Å²) in [5.74, 6) is 0.301. The molecule has 134 valence electrons. The van der Waals surface area contributed by atoms with E-state index in [9.17, 15) is 4.79 Å². The zero-order valence-electron chi connectivity index (χ0n) is 15.1. The molecule has 0 atom stereocenters. The first-order chi connectivity index (χ1) is 13.0. The maximum atomic E-state index is 11.9. The molecular formula is C22H19N3OS. The minimum atomic E-state index is -0.234. The van der Waals surface area contributed by atoms with Gasteiger partial charge in [-0.05, 0) is 46.0 Å². The third-order valence-corrected chi connectivity index (χ3v) is 5.02. The largest absolute Gasteiger partial charge is 0.300 e. The van der Waals surface area contributed by atoms with Gasteiger partial charge in [0, 0.05) is 0 Å². The van der Waals surface area contributed by atoms with Gasteiger partial charge in [-0.15, -0.1) is 4.99 Å². The Morgan fingerprint density at radius 3 is 2.11 bits per heavy atom. The first-order valence-electron chi connectivity index (χ1n) is 8.61. The van der Waals surface area contributed by atoms with Crippen molar-refractivity contribution in [3.63, 3.8) is 0 Å². The first-order valence-corrected chi connectivity index (χ1v) is 9.42. The Kier molecular flexibility index (Phi) is 5.90. The van der Waals surface area contributed by atoms with Crippen LogP contribution in [0.5, 0.6) is 0 Å². The quantitative estimate of drug-likeness (QED) is 0.465. The van der Waals surface area contributed by atoms with Gasteiger partial charge in [0.25, 0.3) is 5.91 Å². The highest BCUT2D eigenvalue weighted by molar-refractivity contribution is 8.18. The van der Waals surface area contributed by atoms with Crippen LogP contribution in [0.25, 0.3) is 18.2 Å². The van der Waals surface area contributed by atoms with Gasteiger partial charge < -0.3 is 0 Å². The molecule has 3 rings (SSSR count). The minimum Gasteiger partial charge on any atom is -0.300 e. The first kappa shape index (κ1) is 18.7. The van der Waals surface area contributed by atoms with Crippen LogP contribution in [-0.2, 0) is 4.79 Å². The summed E-state index contributed by atoms with van der Waals surface area (Å²) in [7, 11) is 0. The second-order valence-electron chi connectivity index (χ2n) is 6.40. The number of carbonyl (C=O) groups excluding carboxylic acids is 1. The van der Waals surface area contributed by atoms with Crippen molar-refractivity contribution in [2.24, 2.45) is 4.99 Å². The summed E-state index contributed by atoms with van der Waals surface area (Å²) in [6.45, 7) is 4.37. The number of nitriles is 1. The Morgan fingerprint density at radius 1 is 1.00 bits per heavy atom. The van der Waals surface area contributed by atoms with Crippen molar-refractivity contribution in [3.8, 4) is 6.19 Å². The molecule has 1 aliphatic heterocycles. The van der Waals surface area contributed by atoms with Crippen LogP contribution >= 0.6 is 11.8 Å². The molecule has 0 radical (unpaired) electrons. The summed E-state index contributed by atoms with van der Waals surface area (Å²) in [6, 6.07) is 16.5. The fourth-order valence-electron chi connectivity index (χ4n) is 2.57. The topological polar surface area (TPSA) is 65.2 Å². The fourth-order valence-corrected chi connectivity index (χ4v) is 3.34. The number of amides is 1. The van der Waals surface area contributed by atoms with Crippen LogP contribution in [0, 0.1) is 11.5 Å². The van der Waals surface area contributed by atoms with Crippen LogP contribution in [0.2, 0.25) is 0 Å². The number of aliphatic imine (C=N–C) groups is 1. The predicted octanol–water partition coefficient (Wildman–Crippen LogP) is 5.02. The van der Waals surface area contributed by atoms with Gasteiger partial charge in [0.05, 0.1) is 4.91 Å². The van der Waals surface area contributed by atoms with E-state index >= 15 is 0 Å². The molecule has 27 heavy (non-hydrogen) atoms. The highest BCUT2D eigenvalue weighted by Gasteiger charge is 2.23. The molecule has 0 spiro atoms. The average molecular weight is 373 g/mol. The number of benzene rings is 2. The van der Waals surface area contributed by atoms with Crippen molar-refractivity contribution in [3.05, 3.63) is 75.7 Å². The number of thioether (sulfide) groups is 1. The Morgan fingerprint density at radius 2 is 1.56 bits per heavy atom. The lowest BCUT2D eigenvalue weighted by atomic mass is 10.0. The molecule has 1 amide bonds. The third kappa shape index (κ3) is 4.96. The van der Waals surface area contributed by atoms with Gasteiger partial charge in [-0.3, -0.25) is 10.1 Å². The van der Waals surface area contributed by atoms with E-state index in [4.69, 9.17) is 5.26 Å². The van der Waals surface area contributed by atoms with E-state index in [1.54, 1.807) is 12.3 Å². The molecule has 2 aromatic carbocycles. The smallest absolute Gasteiger partial charge is 0.264 e. The van der Waals surface area contributed by atoms with Gasteiger partial charge in [-0.1, -0.05) is 74.5 Å². The molecule has 1 saturated heterocycles. The molecule has 1 N–H and O–H groups in total. The maximum absolute atomic E-state index is 11.9. The van der Waals surface area contributed by atoms with Crippen molar-refractivity contribution >= 4 is 41.1 Å². The molecule has 4 nitrogen and oxygen atoms in total. The lowest BCUT2D eigenvalue weighted by molar-refractivity contribution is -0.115. The molecule has 0 aromatic heterocycles. The Bertz CT molecular complexity index is 962. The van der Waals surface area contributed by atoms with Gasteiger partial charge in [0.15, 0.2) is 5.17 Å². The van der Waals surface area contributed by atoms with Crippen molar-refractivity contribution in [1.29, 1.82) is 5.26 Å². The molecule has 1 fully saturated rings. The maximum Gasteiger partial charge on any atom is 0.264 e. The van der Waals surface area contributed by atoms with Crippen LogP contribution in [-0.4, -0.2) is 11.1 Å². The van der Waals surface area contributed by atoms with Crippen LogP contribution < -0.4 is 5.32 Å². The minimum absolute atomic E-state index is 0.234. The van der Waals surface area contributed by atoms with Crippen LogP contribution in [0.4, 0.5) is 0 Å². The van der Waals surface area contributed by atoms with E-state index < -0.39 is 0 Å². The number of nitrogens with zero attached hydrogens (tertiary/aromatic N) is 2. The Balaban J connectivity index is 1.69. The normalized spacial score (nSPS) is 17.0. The van der Waals surface area contributed by atoms with Gasteiger partial charge in [0.2, 0.25) is 6.19 Å². The molecular weight excluding hydrogens is 354 g/mol. The van der Waals surface area contributed by atoms with Gasteiger partial charge in [0.1, 0.15) is 0 Å². The summed E-state index contributed by atoms with van der Waals surface area (Å²) in [6.07, 6.45) is 7.62. The lowest BCUT2D eigenvalue weighted by Gasteiger charge is -2.04. The summed E-state index contributed by atoms with van der Waals surface area (Å²) in [5, 5.41) is 11.4. The number of hydrogen-bond donors (Lipinski definition) is 1. The van der Waals surface area contributed by atoms with E-state index in [1.807, 2.05) is 24.3 Å². The molecule has 0 unspecified atom stereocenters. The molecule has 5 heteroatoms. The zero-order chi connectivity index (χ0) is 19.2. The van der Waals surface area contributed by atoms with Crippen LogP contribution in [0.1, 0.15) is 42.0 Å². The number of amidine groups is 1. The van der Waals surface area contributed by atoms with Crippen molar-refractivity contribution in [2.45, 2.75) is 19.8 Å². The van der Waals surface area contributed by atoms with E-state index in [0.29, 0.717) is 16.0 Å². The molecule has 0 aliphatic carbocycles. The second kappa shape index (κ2) is 8.52. The fraction of sp³-hybridized carbons (Fsp3) is 0.136. The van der Waals surface area contributed by atoms with E-state index in [1.165, 1.54) is 17.3 Å². The summed E-state index contributed by atoms with van der Waals surface area (Å²) >= 11 is 1.17. The number of rotatable bonds is 4. The van der Waals surface area contributed by atoms with Crippen LogP contribution in [0.3, 0.4) is 0 Å². The van der Waals surface area contributed by atoms with Gasteiger partial charge in [-0.25, -0.2) is 0 Å². The monoisotopic (exact) mass is 373 g/mol. The molecule has 1 heterocycles. The Hall–Kier alpha value is -3.10. The van der Waals surface area contributed by atoms with Gasteiger partial charge in [-0.2, -0.15) is 5.26 Å². The van der Waals surface area contributed by atoms with Crippen molar-refractivity contribution in [1.82, 2.24) is 5.32 Å². The number of hydrogen-bond acceptors (Lipinski definition) is 4. The van der Waals surface area contributed by atoms with Crippen molar-refractivity contribution < 1.29 is 4.79 Å². The Labute approximate surface area is 163 Å². The lowest BCUT2D eigenvalue weighted by Crippen LogP contribution is -2.19. The highest BCUT2D eigenvalue weighted by Crippen LogP contribution is 2.26. The zero-order valence-corrected chi connectivity index (χ0v) is 16.0. The number of carbonyl (C=O) groups is 1. The van der Waals surface area contributed by atoms with Crippen molar-refractivity contribution in [2.75, 3.05) is 0 Å². The number of nitrogens with one attached hydrogen (secondary N) is 1. The molecule has 0 bridgehead atoms. The summed E-state index contributed by atoms with van der Waals surface area (Å²) in [4.78, 5) is 15.9. The highest BCUT2D eigenvalue weighted by atomic mass is 32.2. The third-order valence-electron chi connectivity index (χ3n) is 4.11. The second-order valence-corrected chi connectivity index (χ2v) is 7.43. The molecule has 1 aliphatic rings. The van der Waals surface area contributed by atoms with Crippen LogP contribution in [0.15, 0.2) is 58.4 Å².